The van der Waals surface area contributed by atoms with Crippen LogP contribution in [0.3, 0.4) is 0 Å². The zero-order chi connectivity index (χ0) is 10.4. The van der Waals surface area contributed by atoms with Gasteiger partial charge >= 0.3 is 0 Å². The van der Waals surface area contributed by atoms with Crippen molar-refractivity contribution < 1.29 is 9.63 Å². The third kappa shape index (κ3) is 3.64. The monoisotopic (exact) mass is 200 g/mol. The van der Waals surface area contributed by atoms with E-state index in [1.54, 1.807) is 0 Å². The molecule has 0 bridgehead atoms. The van der Waals surface area contributed by atoms with E-state index in [1.165, 1.54) is 19.3 Å². The number of amides is 1. The second-order valence-corrected chi connectivity index (χ2v) is 4.08. The summed E-state index contributed by atoms with van der Waals surface area (Å²) in [6.07, 6.45) is 5.69. The number of carbonyl (C=O) groups is 1. The molecule has 14 heavy (non-hydrogen) atoms. The van der Waals surface area contributed by atoms with Crippen LogP contribution in [0.2, 0.25) is 0 Å². The normalized spacial score (nSPS) is 20.4. The summed E-state index contributed by atoms with van der Waals surface area (Å²) in [4.78, 5) is 16.2. The van der Waals surface area contributed by atoms with Crippen LogP contribution in [0.4, 0.5) is 0 Å². The number of carbonyl (C=O) groups excluding carboxylic acids is 1. The van der Waals surface area contributed by atoms with E-state index in [9.17, 15) is 4.79 Å². The van der Waals surface area contributed by atoms with E-state index in [4.69, 9.17) is 5.90 Å². The highest BCUT2D eigenvalue weighted by molar-refractivity contribution is 5.78. The van der Waals surface area contributed by atoms with Crippen molar-refractivity contribution in [2.45, 2.75) is 45.1 Å². The van der Waals surface area contributed by atoms with Crippen molar-refractivity contribution >= 4 is 5.91 Å². The van der Waals surface area contributed by atoms with E-state index >= 15 is 0 Å². The van der Waals surface area contributed by atoms with Crippen molar-refractivity contribution in [2.75, 3.05) is 6.61 Å². The molecule has 0 aromatic heterocycles. The molecule has 1 fully saturated rings. The first kappa shape index (κ1) is 11.5. The minimum atomic E-state index is 0.00873. The van der Waals surface area contributed by atoms with Crippen molar-refractivity contribution in [3.63, 3.8) is 0 Å². The predicted molar refractivity (Wildman–Crippen MR) is 54.3 cm³/mol. The van der Waals surface area contributed by atoms with Gasteiger partial charge in [-0.2, -0.15) is 0 Å². The Morgan fingerprint density at radius 1 is 1.50 bits per heavy atom. The Morgan fingerprint density at radius 2 is 2.14 bits per heavy atom. The molecule has 1 atom stereocenters. The highest BCUT2D eigenvalue weighted by atomic mass is 16.6. The third-order valence-electron chi connectivity index (χ3n) is 2.71. The van der Waals surface area contributed by atoms with E-state index in [-0.39, 0.29) is 17.9 Å². The summed E-state index contributed by atoms with van der Waals surface area (Å²) < 4.78 is 0. The molecule has 1 amide bonds. The maximum absolute atomic E-state index is 11.7. The zero-order valence-electron chi connectivity index (χ0n) is 8.79. The lowest BCUT2D eigenvalue weighted by molar-refractivity contribution is -0.127. The van der Waals surface area contributed by atoms with Gasteiger partial charge in [0.05, 0.1) is 12.6 Å². The summed E-state index contributed by atoms with van der Waals surface area (Å²) in [7, 11) is 0. The summed E-state index contributed by atoms with van der Waals surface area (Å²) >= 11 is 0. The first-order valence-corrected chi connectivity index (χ1v) is 5.36. The topological polar surface area (TPSA) is 64.3 Å². The molecule has 4 heteroatoms. The Balaban J connectivity index is 2.25. The van der Waals surface area contributed by atoms with Gasteiger partial charge in [-0.25, -0.2) is 5.90 Å². The summed E-state index contributed by atoms with van der Waals surface area (Å²) in [5, 5.41) is 2.91. The van der Waals surface area contributed by atoms with Crippen LogP contribution in [0.1, 0.15) is 39.0 Å². The van der Waals surface area contributed by atoms with Crippen LogP contribution in [0, 0.1) is 5.92 Å². The van der Waals surface area contributed by atoms with Crippen molar-refractivity contribution in [1.29, 1.82) is 0 Å². The average Bonchev–Trinajstić information content (AvgIpc) is 2.19. The van der Waals surface area contributed by atoms with Gasteiger partial charge in [-0.3, -0.25) is 4.79 Å². The number of hydrogen-bond donors (Lipinski definition) is 2. The first-order chi connectivity index (χ1) is 6.74. The van der Waals surface area contributed by atoms with Gasteiger partial charge < -0.3 is 10.2 Å². The molecule has 82 valence electrons. The maximum atomic E-state index is 11.7. The van der Waals surface area contributed by atoms with Gasteiger partial charge in [0.2, 0.25) is 5.91 Å². The van der Waals surface area contributed by atoms with Crippen LogP contribution in [0.25, 0.3) is 0 Å². The molecule has 0 spiro atoms. The van der Waals surface area contributed by atoms with E-state index < -0.39 is 0 Å². The van der Waals surface area contributed by atoms with Gasteiger partial charge in [0.1, 0.15) is 0 Å². The summed E-state index contributed by atoms with van der Waals surface area (Å²) in [5.41, 5.74) is 0. The Hall–Kier alpha value is -0.610. The number of rotatable bonds is 4. The van der Waals surface area contributed by atoms with Crippen molar-refractivity contribution in [3.05, 3.63) is 0 Å². The fourth-order valence-electron chi connectivity index (χ4n) is 1.91. The number of hydrogen-bond acceptors (Lipinski definition) is 3. The minimum Gasteiger partial charge on any atom is -0.351 e. The second-order valence-electron chi connectivity index (χ2n) is 4.08. The predicted octanol–water partition coefficient (Wildman–Crippen LogP) is 0.962. The van der Waals surface area contributed by atoms with Gasteiger partial charge in [0, 0.05) is 5.92 Å². The molecule has 0 saturated heterocycles. The molecule has 3 N–H and O–H groups in total. The number of nitrogens with two attached hydrogens (primary N) is 1. The first-order valence-electron chi connectivity index (χ1n) is 5.36. The third-order valence-corrected chi connectivity index (χ3v) is 2.71. The minimum absolute atomic E-state index is 0.00873. The molecular formula is C10H20N2O2. The molecule has 1 aliphatic carbocycles. The largest absolute Gasteiger partial charge is 0.351 e. The molecule has 1 rings (SSSR count). The van der Waals surface area contributed by atoms with E-state index in [0.717, 1.165) is 12.8 Å². The van der Waals surface area contributed by atoms with Crippen molar-refractivity contribution in [2.24, 2.45) is 11.8 Å². The van der Waals surface area contributed by atoms with E-state index in [2.05, 4.69) is 10.2 Å². The van der Waals surface area contributed by atoms with Gasteiger partial charge in [-0.05, 0) is 19.8 Å². The molecule has 4 nitrogen and oxygen atoms in total. The van der Waals surface area contributed by atoms with Crippen LogP contribution in [-0.4, -0.2) is 18.6 Å². The summed E-state index contributed by atoms with van der Waals surface area (Å²) in [6, 6.07) is 0.00873. The fourth-order valence-corrected chi connectivity index (χ4v) is 1.91. The molecule has 0 heterocycles. The zero-order valence-corrected chi connectivity index (χ0v) is 8.79. The molecule has 1 saturated carbocycles. The molecular weight excluding hydrogens is 180 g/mol. The van der Waals surface area contributed by atoms with Crippen LogP contribution in [0.5, 0.6) is 0 Å². The highest BCUT2D eigenvalue weighted by Gasteiger charge is 2.21. The SMILES string of the molecule is CC(CON)NC(=O)C1CCCCC1. The van der Waals surface area contributed by atoms with Gasteiger partial charge in [-0.1, -0.05) is 19.3 Å². The highest BCUT2D eigenvalue weighted by Crippen LogP contribution is 2.23. The summed E-state index contributed by atoms with van der Waals surface area (Å²) in [5.74, 6) is 5.31. The number of nitrogens with one attached hydrogen (secondary N) is 1. The molecule has 0 aliphatic heterocycles. The maximum Gasteiger partial charge on any atom is 0.223 e. The Labute approximate surface area is 85.1 Å². The standard InChI is InChI=1S/C10H20N2O2/c1-8(7-14-11)12-10(13)9-5-3-2-4-6-9/h8-9H,2-7,11H2,1H3,(H,12,13). The van der Waals surface area contributed by atoms with E-state index in [1.807, 2.05) is 6.92 Å². The van der Waals surface area contributed by atoms with E-state index in [0.29, 0.717) is 6.61 Å². The van der Waals surface area contributed by atoms with Gasteiger partial charge in [0.25, 0.3) is 0 Å². The molecule has 0 aromatic rings. The van der Waals surface area contributed by atoms with Crippen molar-refractivity contribution in [3.8, 4) is 0 Å². The summed E-state index contributed by atoms with van der Waals surface area (Å²) in [6.45, 7) is 2.27. The van der Waals surface area contributed by atoms with Crippen LogP contribution in [-0.2, 0) is 9.63 Å². The Kier molecular flexibility index (Phi) is 4.90. The van der Waals surface area contributed by atoms with Crippen LogP contribution < -0.4 is 11.2 Å². The molecule has 0 aromatic carbocycles. The van der Waals surface area contributed by atoms with Gasteiger partial charge in [-0.15, -0.1) is 0 Å². The van der Waals surface area contributed by atoms with Crippen LogP contribution >= 0.6 is 0 Å². The smallest absolute Gasteiger partial charge is 0.223 e. The van der Waals surface area contributed by atoms with Gasteiger partial charge in [0.15, 0.2) is 0 Å². The fraction of sp³-hybridized carbons (Fsp3) is 0.900. The molecule has 1 unspecified atom stereocenters. The lowest BCUT2D eigenvalue weighted by atomic mass is 9.88. The van der Waals surface area contributed by atoms with Crippen LogP contribution in [0.15, 0.2) is 0 Å². The lowest BCUT2D eigenvalue weighted by Crippen LogP contribution is -2.40. The lowest BCUT2D eigenvalue weighted by Gasteiger charge is -2.22. The Morgan fingerprint density at radius 3 is 2.71 bits per heavy atom. The molecule has 0 radical (unpaired) electrons. The average molecular weight is 200 g/mol. The second kappa shape index (κ2) is 5.98. The van der Waals surface area contributed by atoms with Crippen molar-refractivity contribution in [1.82, 2.24) is 5.32 Å². The Bertz CT molecular complexity index is 179. The quantitative estimate of drug-likeness (QED) is 0.664. The molecule has 1 aliphatic rings.